The first-order chi connectivity index (χ1) is 13.8. The molecule has 0 aliphatic heterocycles. The van der Waals surface area contributed by atoms with Gasteiger partial charge in [-0.05, 0) is 25.7 Å². The molecule has 2 heteroatoms. The summed E-state index contributed by atoms with van der Waals surface area (Å²) in [7, 11) is 0. The molecule has 0 N–H and O–H groups in total. The molecule has 0 rings (SSSR count). The van der Waals surface area contributed by atoms with Gasteiger partial charge < -0.3 is 0 Å². The third-order valence-electron chi connectivity index (χ3n) is 6.02. The summed E-state index contributed by atoms with van der Waals surface area (Å²) in [4.78, 5) is 0. The molecule has 0 nitrogen and oxygen atoms in total. The van der Waals surface area contributed by atoms with Gasteiger partial charge >= 0.3 is 0 Å². The van der Waals surface area contributed by atoms with Crippen molar-refractivity contribution < 1.29 is 0 Å². The van der Waals surface area contributed by atoms with Gasteiger partial charge in [-0.25, -0.2) is 0 Å². The van der Waals surface area contributed by atoms with E-state index in [0.717, 1.165) is 0 Å². The second-order valence-electron chi connectivity index (χ2n) is 9.00. The molecule has 0 unspecified atom stereocenters. The van der Waals surface area contributed by atoms with E-state index in [1.54, 1.807) is 0 Å². The fourth-order valence-corrected chi connectivity index (χ4v) is 6.17. The highest BCUT2D eigenvalue weighted by Crippen LogP contribution is 2.26. The minimum absolute atomic E-state index is 0.0698. The third-order valence-corrected chi connectivity index (χ3v) is 8.75. The van der Waals surface area contributed by atoms with Crippen molar-refractivity contribution in [1.29, 1.82) is 0 Å². The zero-order valence-corrected chi connectivity index (χ0v) is 21.5. The fourth-order valence-electron chi connectivity index (χ4n) is 4.02. The van der Waals surface area contributed by atoms with Crippen LogP contribution >= 0.6 is 6.70 Å². The molecule has 0 aromatic heterocycles. The molecule has 0 aromatic carbocycles. The van der Waals surface area contributed by atoms with E-state index in [1.165, 1.54) is 154 Å². The van der Waals surface area contributed by atoms with Crippen molar-refractivity contribution in [2.75, 3.05) is 12.3 Å². The van der Waals surface area contributed by atoms with E-state index in [1.807, 2.05) is 0 Å². The first-order valence-electron chi connectivity index (χ1n) is 13.2. The van der Waals surface area contributed by atoms with Gasteiger partial charge in [0.25, 0.3) is 0 Å². The van der Waals surface area contributed by atoms with E-state index in [0.29, 0.717) is 0 Å². The van der Waals surface area contributed by atoms with Crippen LogP contribution in [0.25, 0.3) is 0 Å². The smallest absolute Gasteiger partial charge is 0.0654 e. The van der Waals surface area contributed by atoms with Crippen LogP contribution in [0, 0.1) is 0 Å². The molecule has 28 heavy (non-hydrogen) atoms. The van der Waals surface area contributed by atoms with Crippen molar-refractivity contribution in [1.82, 2.24) is 0 Å². The van der Waals surface area contributed by atoms with Crippen LogP contribution in [-0.4, -0.2) is 12.3 Å². The van der Waals surface area contributed by atoms with Gasteiger partial charge in [-0.2, -0.15) is 0 Å². The largest absolute Gasteiger partial charge is 0.175 e. The van der Waals surface area contributed by atoms with E-state index in [-0.39, 0.29) is 6.70 Å². The molecule has 0 aromatic rings. The van der Waals surface area contributed by atoms with E-state index in [2.05, 4.69) is 13.8 Å². The fraction of sp³-hybridized carbons (Fsp3) is 1.00. The van der Waals surface area contributed by atoms with Crippen molar-refractivity contribution >= 4 is 18.5 Å². The topological polar surface area (TPSA) is 0 Å². The maximum atomic E-state index is 5.74. The lowest BCUT2D eigenvalue weighted by atomic mass is 10.1. The van der Waals surface area contributed by atoms with Gasteiger partial charge in [-0.3, -0.25) is 0 Å². The highest BCUT2D eigenvalue weighted by Gasteiger charge is 2.08. The molecule has 0 bridgehead atoms. The number of rotatable bonds is 24. The zero-order chi connectivity index (χ0) is 20.5. The SMILES string of the molecule is CCCCCCCCCCCCC[P+](=S)CCCCCCCCCCCCC. The second-order valence-corrected chi connectivity index (χ2v) is 12.4. The standard InChI is InChI=1S/C26H54PS/c1-3-5-7-9-11-13-15-17-19-21-23-25-27(28)26-24-22-20-18-16-14-12-10-8-6-4-2/h3-26H2,1-2H3/q+1. The Morgan fingerprint density at radius 2 is 0.571 bits per heavy atom. The Balaban J connectivity index is 3.13. The average Bonchev–Trinajstić information content (AvgIpc) is 2.70. The highest BCUT2D eigenvalue weighted by molar-refractivity contribution is 8.05. The molecule has 0 fully saturated rings. The molecule has 0 amide bonds. The molecule has 0 heterocycles. The molecular weight excluding hydrogens is 375 g/mol. The maximum Gasteiger partial charge on any atom is 0.175 e. The van der Waals surface area contributed by atoms with Crippen LogP contribution in [0.5, 0.6) is 0 Å². The minimum Gasteiger partial charge on any atom is -0.0654 e. The zero-order valence-electron chi connectivity index (χ0n) is 19.8. The van der Waals surface area contributed by atoms with Gasteiger partial charge in [0, 0.05) is 0 Å². The number of hydrogen-bond donors (Lipinski definition) is 0. The van der Waals surface area contributed by atoms with Crippen molar-refractivity contribution in [2.24, 2.45) is 0 Å². The van der Waals surface area contributed by atoms with Crippen molar-refractivity contribution in [3.63, 3.8) is 0 Å². The van der Waals surface area contributed by atoms with Crippen molar-refractivity contribution in [2.45, 2.75) is 155 Å². The Hall–Kier alpha value is 0.520. The number of hydrogen-bond acceptors (Lipinski definition) is 1. The summed E-state index contributed by atoms with van der Waals surface area (Å²) in [6.45, 7) is 4.53. The summed E-state index contributed by atoms with van der Waals surface area (Å²) < 4.78 is 0. The third kappa shape index (κ3) is 24.6. The quantitative estimate of drug-likeness (QED) is 0.109. The summed E-state index contributed by atoms with van der Waals surface area (Å²) in [6.07, 6.45) is 34.5. The van der Waals surface area contributed by atoms with Crippen LogP contribution in [0.2, 0.25) is 0 Å². The first-order valence-corrected chi connectivity index (χ1v) is 16.0. The molecule has 0 aliphatic carbocycles. The van der Waals surface area contributed by atoms with Crippen LogP contribution in [0.3, 0.4) is 0 Å². The normalized spacial score (nSPS) is 11.2. The van der Waals surface area contributed by atoms with Crippen LogP contribution in [0.1, 0.15) is 155 Å². The van der Waals surface area contributed by atoms with Gasteiger partial charge in [-0.15, -0.1) is 0 Å². The first kappa shape index (κ1) is 28.5. The van der Waals surface area contributed by atoms with Gasteiger partial charge in [0.05, 0.1) is 0 Å². The van der Waals surface area contributed by atoms with Crippen LogP contribution in [0.15, 0.2) is 0 Å². The maximum absolute atomic E-state index is 5.74. The average molecular weight is 430 g/mol. The molecule has 0 saturated heterocycles. The van der Waals surface area contributed by atoms with E-state index in [4.69, 9.17) is 11.8 Å². The molecular formula is C26H54PS+. The highest BCUT2D eigenvalue weighted by atomic mass is 32.4. The monoisotopic (exact) mass is 429 g/mol. The summed E-state index contributed by atoms with van der Waals surface area (Å²) in [6, 6.07) is 0. The molecule has 0 spiro atoms. The predicted molar refractivity (Wildman–Crippen MR) is 137 cm³/mol. The molecule has 168 valence electrons. The van der Waals surface area contributed by atoms with E-state index < -0.39 is 0 Å². The predicted octanol–water partition coefficient (Wildman–Crippen LogP) is 10.6. The van der Waals surface area contributed by atoms with Crippen LogP contribution in [0.4, 0.5) is 0 Å². The Kier molecular flexibility index (Phi) is 26.0. The minimum atomic E-state index is -0.0698. The Labute approximate surface area is 185 Å². The van der Waals surface area contributed by atoms with Gasteiger partial charge in [-0.1, -0.05) is 129 Å². The summed E-state index contributed by atoms with van der Waals surface area (Å²) in [5.41, 5.74) is 0. The summed E-state index contributed by atoms with van der Waals surface area (Å²) in [5.74, 6) is 0. The van der Waals surface area contributed by atoms with E-state index >= 15 is 0 Å². The van der Waals surface area contributed by atoms with Crippen molar-refractivity contribution in [3.05, 3.63) is 0 Å². The number of unbranched alkanes of at least 4 members (excludes halogenated alkanes) is 20. The summed E-state index contributed by atoms with van der Waals surface area (Å²) in [5, 5.41) is 0. The lowest BCUT2D eigenvalue weighted by molar-refractivity contribution is 0.554. The van der Waals surface area contributed by atoms with Crippen LogP contribution < -0.4 is 0 Å². The molecule has 0 radical (unpaired) electrons. The summed E-state index contributed by atoms with van der Waals surface area (Å²) >= 11 is 5.74. The lowest BCUT2D eigenvalue weighted by Gasteiger charge is -2.02. The second kappa shape index (κ2) is 25.6. The Bertz CT molecular complexity index is 275. The molecule has 0 saturated carbocycles. The van der Waals surface area contributed by atoms with Crippen LogP contribution in [-0.2, 0) is 11.8 Å². The van der Waals surface area contributed by atoms with Crippen molar-refractivity contribution in [3.8, 4) is 0 Å². The lowest BCUT2D eigenvalue weighted by Crippen LogP contribution is -1.87. The van der Waals surface area contributed by atoms with Gasteiger partial charge in [0.15, 0.2) is 18.5 Å². The molecule has 0 atom stereocenters. The Morgan fingerprint density at radius 1 is 0.357 bits per heavy atom. The van der Waals surface area contributed by atoms with E-state index in [9.17, 15) is 0 Å². The Morgan fingerprint density at radius 3 is 0.821 bits per heavy atom. The van der Waals surface area contributed by atoms with Gasteiger partial charge in [0.2, 0.25) is 0 Å². The molecule has 0 aliphatic rings. The van der Waals surface area contributed by atoms with Gasteiger partial charge in [0.1, 0.15) is 12.3 Å².